The Morgan fingerprint density at radius 1 is 0.957 bits per heavy atom. The monoisotopic (exact) mass is 635 g/mol. The summed E-state index contributed by atoms with van der Waals surface area (Å²) >= 11 is 0. The summed E-state index contributed by atoms with van der Waals surface area (Å²) in [7, 11) is 0. The van der Waals surface area contributed by atoms with E-state index in [0.717, 1.165) is 44.0 Å². The topological polar surface area (TPSA) is 138 Å². The molecule has 2 aromatic carbocycles. The normalized spacial score (nSPS) is 22.0. The largest absolute Gasteiger partial charge is 0.491 e. The second kappa shape index (κ2) is 17.1. The van der Waals surface area contributed by atoms with Crippen LogP contribution in [0.4, 0.5) is 0 Å². The fraction of sp³-hybridized carbons (Fsp3) is 0.543. The third-order valence-corrected chi connectivity index (χ3v) is 8.19. The first-order valence-electron chi connectivity index (χ1n) is 16.4. The van der Waals surface area contributed by atoms with E-state index in [9.17, 15) is 19.2 Å². The average molecular weight is 636 g/mol. The molecule has 2 aliphatic rings. The van der Waals surface area contributed by atoms with Gasteiger partial charge in [0.15, 0.2) is 0 Å². The minimum Gasteiger partial charge on any atom is -0.491 e. The Balaban J connectivity index is 1.51. The molecule has 250 valence electrons. The lowest BCUT2D eigenvalue weighted by Gasteiger charge is -2.26. The molecule has 0 radical (unpaired) electrons. The molecule has 3 atom stereocenters. The van der Waals surface area contributed by atoms with Crippen molar-refractivity contribution in [3.05, 3.63) is 65.2 Å². The maximum atomic E-state index is 13.5. The van der Waals surface area contributed by atoms with Gasteiger partial charge in [-0.15, -0.1) is 0 Å². The highest BCUT2D eigenvalue weighted by molar-refractivity contribution is 5.99. The first-order valence-corrected chi connectivity index (χ1v) is 16.4. The van der Waals surface area contributed by atoms with Crippen LogP contribution in [0, 0.1) is 11.8 Å². The lowest BCUT2D eigenvalue weighted by atomic mass is 10.00. The van der Waals surface area contributed by atoms with Crippen molar-refractivity contribution in [3.63, 3.8) is 0 Å². The Bertz CT molecular complexity index is 1340. The zero-order chi connectivity index (χ0) is 33.1. The lowest BCUT2D eigenvalue weighted by Crippen LogP contribution is -2.53. The van der Waals surface area contributed by atoms with Gasteiger partial charge >= 0.3 is 0 Å². The molecule has 1 fully saturated rings. The van der Waals surface area contributed by atoms with Crippen molar-refractivity contribution >= 4 is 23.6 Å². The van der Waals surface area contributed by atoms with Crippen molar-refractivity contribution in [1.82, 2.24) is 26.2 Å². The third-order valence-electron chi connectivity index (χ3n) is 8.19. The van der Waals surface area contributed by atoms with Crippen LogP contribution >= 0.6 is 0 Å². The van der Waals surface area contributed by atoms with E-state index in [-0.39, 0.29) is 61.2 Å². The summed E-state index contributed by atoms with van der Waals surface area (Å²) in [5, 5.41) is 11.7. The molecule has 46 heavy (non-hydrogen) atoms. The highest BCUT2D eigenvalue weighted by Crippen LogP contribution is 2.20. The van der Waals surface area contributed by atoms with E-state index >= 15 is 0 Å². The number of fused-ring (bicyclic) bond motifs is 1. The second-order valence-corrected chi connectivity index (χ2v) is 12.9. The zero-order valence-electron chi connectivity index (χ0n) is 27.5. The molecule has 11 heteroatoms. The standard InChI is InChI=1S/C35H49N5O6/c1-23(2)18-27-22-46-30-11-6-5-10-28(30)33(42)38-29(12-13-31(41)39-32(24(3)4)35(44)37-27)34(43)36-20-25-8-7-9-26(19-25)21-40-14-16-45-17-15-40/h5-11,19,23-24,27,29,32H,12-18,20-22H2,1-4H3,(H,36,43)(H,37,44)(H,38,42)(H,39,41)/t27-,29+,32+/m1/s1. The van der Waals surface area contributed by atoms with Crippen molar-refractivity contribution in [1.29, 1.82) is 0 Å². The third kappa shape index (κ3) is 10.6. The van der Waals surface area contributed by atoms with Gasteiger partial charge in [0, 0.05) is 32.6 Å². The number of nitrogens with one attached hydrogen (secondary N) is 4. The molecule has 2 heterocycles. The van der Waals surface area contributed by atoms with Gasteiger partial charge in [0.25, 0.3) is 5.91 Å². The Morgan fingerprint density at radius 3 is 2.43 bits per heavy atom. The van der Waals surface area contributed by atoms with Gasteiger partial charge in [-0.3, -0.25) is 24.1 Å². The fourth-order valence-electron chi connectivity index (χ4n) is 5.73. The van der Waals surface area contributed by atoms with Crippen molar-refractivity contribution in [2.75, 3.05) is 32.9 Å². The van der Waals surface area contributed by atoms with E-state index in [1.54, 1.807) is 24.3 Å². The van der Waals surface area contributed by atoms with E-state index in [2.05, 4.69) is 52.1 Å². The Labute approximate surface area is 272 Å². The van der Waals surface area contributed by atoms with Crippen molar-refractivity contribution in [3.8, 4) is 5.75 Å². The molecule has 0 bridgehead atoms. The molecule has 0 unspecified atom stereocenters. The van der Waals surface area contributed by atoms with Gasteiger partial charge in [-0.05, 0) is 47.9 Å². The van der Waals surface area contributed by atoms with Crippen LogP contribution < -0.4 is 26.0 Å². The summed E-state index contributed by atoms with van der Waals surface area (Å²) in [6.45, 7) is 12.3. The van der Waals surface area contributed by atoms with Crippen LogP contribution in [-0.4, -0.2) is 79.6 Å². The predicted octanol–water partition coefficient (Wildman–Crippen LogP) is 2.78. The minimum absolute atomic E-state index is 0.0475. The van der Waals surface area contributed by atoms with Crippen molar-refractivity contribution < 1.29 is 28.7 Å². The van der Waals surface area contributed by atoms with Crippen LogP contribution in [0.15, 0.2) is 48.5 Å². The smallest absolute Gasteiger partial charge is 0.255 e. The van der Waals surface area contributed by atoms with Crippen LogP contribution in [-0.2, 0) is 32.2 Å². The molecule has 2 aromatic rings. The van der Waals surface area contributed by atoms with Crippen LogP contribution in [0.2, 0.25) is 0 Å². The van der Waals surface area contributed by atoms with E-state index in [0.29, 0.717) is 12.2 Å². The number of nitrogens with zero attached hydrogens (tertiary/aromatic N) is 1. The molecule has 0 aromatic heterocycles. The van der Waals surface area contributed by atoms with Crippen molar-refractivity contribution in [2.45, 2.75) is 78.2 Å². The number of carbonyl (C=O) groups excluding carboxylic acids is 4. The second-order valence-electron chi connectivity index (χ2n) is 12.9. The first kappa shape index (κ1) is 34.9. The molecule has 0 saturated carbocycles. The van der Waals surface area contributed by atoms with Crippen molar-refractivity contribution in [2.24, 2.45) is 11.8 Å². The molecular formula is C35H49N5O6. The summed E-state index contributed by atoms with van der Waals surface area (Å²) in [6, 6.07) is 12.8. The molecule has 0 aliphatic carbocycles. The Hall–Kier alpha value is -3.96. The van der Waals surface area contributed by atoms with Gasteiger partial charge in [0.1, 0.15) is 24.4 Å². The number of carbonyl (C=O) groups is 4. The van der Waals surface area contributed by atoms with Gasteiger partial charge in [-0.25, -0.2) is 0 Å². The lowest BCUT2D eigenvalue weighted by molar-refractivity contribution is -0.131. The summed E-state index contributed by atoms with van der Waals surface area (Å²) in [5.74, 6) is -1.10. The molecule has 11 nitrogen and oxygen atoms in total. The van der Waals surface area contributed by atoms with Crippen LogP contribution in [0.25, 0.3) is 0 Å². The number of ether oxygens (including phenoxy) is 2. The number of hydrogen-bond donors (Lipinski definition) is 4. The van der Waals surface area contributed by atoms with Crippen LogP contribution in [0.5, 0.6) is 5.75 Å². The van der Waals surface area contributed by atoms with E-state index < -0.39 is 23.9 Å². The number of morpholine rings is 1. The van der Waals surface area contributed by atoms with Crippen LogP contribution in [0.3, 0.4) is 0 Å². The summed E-state index contributed by atoms with van der Waals surface area (Å²) < 4.78 is 11.6. The summed E-state index contributed by atoms with van der Waals surface area (Å²) in [4.78, 5) is 55.8. The number of benzene rings is 2. The highest BCUT2D eigenvalue weighted by atomic mass is 16.5. The molecular weight excluding hydrogens is 586 g/mol. The first-order chi connectivity index (χ1) is 22.1. The zero-order valence-corrected chi connectivity index (χ0v) is 27.5. The molecule has 1 saturated heterocycles. The minimum atomic E-state index is -0.993. The fourth-order valence-corrected chi connectivity index (χ4v) is 5.73. The molecule has 4 N–H and O–H groups in total. The summed E-state index contributed by atoms with van der Waals surface area (Å²) in [5.41, 5.74) is 2.34. The Morgan fingerprint density at radius 2 is 1.70 bits per heavy atom. The quantitative estimate of drug-likeness (QED) is 0.350. The molecule has 4 rings (SSSR count). The van der Waals surface area contributed by atoms with Gasteiger partial charge in [-0.1, -0.05) is 64.1 Å². The Kier molecular flexibility index (Phi) is 13.0. The maximum absolute atomic E-state index is 13.5. The number of hydrogen-bond acceptors (Lipinski definition) is 7. The van der Waals surface area contributed by atoms with Gasteiger partial charge in [0.2, 0.25) is 17.7 Å². The molecule has 4 amide bonds. The van der Waals surface area contributed by atoms with Gasteiger partial charge < -0.3 is 30.7 Å². The van der Waals surface area contributed by atoms with E-state index in [1.807, 2.05) is 26.0 Å². The number of para-hydroxylation sites is 1. The molecule has 2 aliphatic heterocycles. The predicted molar refractivity (Wildman–Crippen MR) is 175 cm³/mol. The highest BCUT2D eigenvalue weighted by Gasteiger charge is 2.29. The van der Waals surface area contributed by atoms with E-state index in [1.165, 1.54) is 0 Å². The maximum Gasteiger partial charge on any atom is 0.255 e. The number of amides is 4. The van der Waals surface area contributed by atoms with Gasteiger partial charge in [-0.2, -0.15) is 0 Å². The number of rotatable bonds is 8. The molecule has 0 spiro atoms. The summed E-state index contributed by atoms with van der Waals surface area (Å²) in [6.07, 6.45) is 0.639. The van der Waals surface area contributed by atoms with Crippen LogP contribution in [0.1, 0.15) is 68.4 Å². The average Bonchev–Trinajstić information content (AvgIpc) is 3.03. The van der Waals surface area contributed by atoms with Gasteiger partial charge in [0.05, 0.1) is 24.8 Å². The SMILES string of the molecule is CC(C)C[C@@H]1COc2ccccc2C(=O)N[C@H](C(=O)NCc2cccc(CN3CCOCC3)c2)CCC(=O)N[C@@H](C(C)C)C(=O)N1. The van der Waals surface area contributed by atoms with E-state index in [4.69, 9.17) is 9.47 Å².